The van der Waals surface area contributed by atoms with Gasteiger partial charge in [0.1, 0.15) is 0 Å². The molecule has 0 fully saturated rings. The lowest BCUT2D eigenvalue weighted by molar-refractivity contribution is -0.180. The fourth-order valence-electron chi connectivity index (χ4n) is 2.02. The first kappa shape index (κ1) is 14.8. The van der Waals surface area contributed by atoms with E-state index in [9.17, 15) is 0 Å². The standard InChI is InChI=1S/C11H26N2O2/c1-6-8-13(7-2)11(3,9-12)10(14-4)15-5/h10H,6-9,12H2,1-5H3. The zero-order chi connectivity index (χ0) is 11.9. The van der Waals surface area contributed by atoms with E-state index in [-0.39, 0.29) is 11.8 Å². The molecular formula is C11H26N2O2. The van der Waals surface area contributed by atoms with Crippen molar-refractivity contribution in [3.63, 3.8) is 0 Å². The minimum Gasteiger partial charge on any atom is -0.354 e. The second-order valence-corrected chi connectivity index (χ2v) is 3.94. The van der Waals surface area contributed by atoms with E-state index in [0.29, 0.717) is 6.54 Å². The predicted octanol–water partition coefficient (Wildman–Crippen LogP) is 1.05. The summed E-state index contributed by atoms with van der Waals surface area (Å²) in [5, 5.41) is 0. The van der Waals surface area contributed by atoms with Crippen molar-refractivity contribution in [3.05, 3.63) is 0 Å². The summed E-state index contributed by atoms with van der Waals surface area (Å²) in [5.41, 5.74) is 5.61. The van der Waals surface area contributed by atoms with Crippen LogP contribution in [0.2, 0.25) is 0 Å². The molecule has 0 rings (SSSR count). The second kappa shape index (κ2) is 7.17. The molecule has 0 aromatic rings. The zero-order valence-corrected chi connectivity index (χ0v) is 10.7. The topological polar surface area (TPSA) is 47.7 Å². The van der Waals surface area contributed by atoms with Crippen LogP contribution in [-0.2, 0) is 9.47 Å². The molecule has 92 valence electrons. The van der Waals surface area contributed by atoms with Crippen molar-refractivity contribution in [1.29, 1.82) is 0 Å². The van der Waals surface area contributed by atoms with Gasteiger partial charge in [-0.3, -0.25) is 4.90 Å². The molecule has 0 spiro atoms. The third-order valence-electron chi connectivity index (χ3n) is 2.95. The van der Waals surface area contributed by atoms with Gasteiger partial charge in [0, 0.05) is 20.8 Å². The minimum absolute atomic E-state index is 0.256. The van der Waals surface area contributed by atoms with Crippen molar-refractivity contribution in [2.45, 2.75) is 39.0 Å². The number of likely N-dealkylation sites (N-methyl/N-ethyl adjacent to an activating group) is 1. The van der Waals surface area contributed by atoms with Gasteiger partial charge in [0.15, 0.2) is 6.29 Å². The highest BCUT2D eigenvalue weighted by atomic mass is 16.7. The van der Waals surface area contributed by atoms with Gasteiger partial charge in [-0.25, -0.2) is 0 Å². The Bertz CT molecular complexity index is 163. The van der Waals surface area contributed by atoms with Crippen molar-refractivity contribution < 1.29 is 9.47 Å². The van der Waals surface area contributed by atoms with Gasteiger partial charge in [0.25, 0.3) is 0 Å². The molecule has 2 N–H and O–H groups in total. The number of rotatable bonds is 8. The summed E-state index contributed by atoms with van der Waals surface area (Å²) in [6.07, 6.45) is 0.817. The molecule has 0 radical (unpaired) electrons. The van der Waals surface area contributed by atoms with Gasteiger partial charge in [-0.2, -0.15) is 0 Å². The molecule has 1 unspecified atom stereocenters. The van der Waals surface area contributed by atoms with Crippen LogP contribution in [0.5, 0.6) is 0 Å². The van der Waals surface area contributed by atoms with Gasteiger partial charge in [0.05, 0.1) is 5.54 Å². The molecule has 4 nitrogen and oxygen atoms in total. The van der Waals surface area contributed by atoms with Gasteiger partial charge in [-0.05, 0) is 26.4 Å². The molecule has 0 saturated heterocycles. The Labute approximate surface area is 93.7 Å². The van der Waals surface area contributed by atoms with Crippen LogP contribution in [0.3, 0.4) is 0 Å². The largest absolute Gasteiger partial charge is 0.354 e. The maximum Gasteiger partial charge on any atom is 0.176 e. The van der Waals surface area contributed by atoms with E-state index in [0.717, 1.165) is 19.5 Å². The van der Waals surface area contributed by atoms with Crippen molar-refractivity contribution in [1.82, 2.24) is 4.90 Å². The Kier molecular flexibility index (Phi) is 7.09. The molecule has 0 aliphatic rings. The molecule has 4 heteroatoms. The molecular weight excluding hydrogens is 192 g/mol. The molecule has 0 saturated carbocycles. The number of methoxy groups -OCH3 is 2. The van der Waals surface area contributed by atoms with Crippen LogP contribution in [0.25, 0.3) is 0 Å². The Morgan fingerprint density at radius 2 is 1.80 bits per heavy atom. The second-order valence-electron chi connectivity index (χ2n) is 3.94. The van der Waals surface area contributed by atoms with E-state index in [1.54, 1.807) is 14.2 Å². The van der Waals surface area contributed by atoms with Crippen LogP contribution >= 0.6 is 0 Å². The lowest BCUT2D eigenvalue weighted by Crippen LogP contribution is -2.60. The molecule has 0 aliphatic carbocycles. The maximum absolute atomic E-state index is 5.86. The smallest absolute Gasteiger partial charge is 0.176 e. The number of nitrogens with two attached hydrogens (primary N) is 1. The minimum atomic E-state index is -0.283. The first-order valence-electron chi connectivity index (χ1n) is 5.61. The molecule has 0 aromatic heterocycles. The van der Waals surface area contributed by atoms with Gasteiger partial charge >= 0.3 is 0 Å². The third-order valence-corrected chi connectivity index (χ3v) is 2.95. The van der Waals surface area contributed by atoms with Gasteiger partial charge in [-0.15, -0.1) is 0 Å². The highest BCUT2D eigenvalue weighted by Gasteiger charge is 2.38. The van der Waals surface area contributed by atoms with Crippen molar-refractivity contribution in [2.75, 3.05) is 33.9 Å². The highest BCUT2D eigenvalue weighted by Crippen LogP contribution is 2.21. The van der Waals surface area contributed by atoms with Crippen molar-refractivity contribution in [3.8, 4) is 0 Å². The fourth-order valence-corrected chi connectivity index (χ4v) is 2.02. The van der Waals surface area contributed by atoms with E-state index in [4.69, 9.17) is 15.2 Å². The van der Waals surface area contributed by atoms with Gasteiger partial charge < -0.3 is 15.2 Å². The molecule has 0 aromatic carbocycles. The number of hydrogen-bond acceptors (Lipinski definition) is 4. The summed E-state index contributed by atoms with van der Waals surface area (Å²) in [6, 6.07) is 0. The Balaban J connectivity index is 4.76. The van der Waals surface area contributed by atoms with Crippen LogP contribution in [0.4, 0.5) is 0 Å². The normalized spacial score (nSPS) is 16.0. The SMILES string of the molecule is CCCN(CC)C(C)(CN)C(OC)OC. The van der Waals surface area contributed by atoms with Crippen molar-refractivity contribution in [2.24, 2.45) is 5.73 Å². The van der Waals surface area contributed by atoms with Crippen LogP contribution in [0.1, 0.15) is 27.2 Å². The predicted molar refractivity (Wildman–Crippen MR) is 62.8 cm³/mol. The lowest BCUT2D eigenvalue weighted by atomic mass is 9.98. The molecule has 0 amide bonds. The van der Waals surface area contributed by atoms with Crippen LogP contribution in [-0.4, -0.2) is 50.6 Å². The molecule has 0 heterocycles. The van der Waals surface area contributed by atoms with E-state index >= 15 is 0 Å². The van der Waals surface area contributed by atoms with Crippen LogP contribution in [0.15, 0.2) is 0 Å². The van der Waals surface area contributed by atoms with E-state index in [1.165, 1.54) is 0 Å². The maximum atomic E-state index is 5.86. The Morgan fingerprint density at radius 1 is 1.27 bits per heavy atom. The van der Waals surface area contributed by atoms with Gasteiger partial charge in [-0.1, -0.05) is 13.8 Å². The fraction of sp³-hybridized carbons (Fsp3) is 1.00. The molecule has 0 aliphatic heterocycles. The summed E-state index contributed by atoms with van der Waals surface area (Å²) in [6.45, 7) is 8.86. The summed E-state index contributed by atoms with van der Waals surface area (Å²) in [4.78, 5) is 2.31. The van der Waals surface area contributed by atoms with E-state index in [1.807, 2.05) is 0 Å². The quantitative estimate of drug-likeness (QED) is 0.619. The summed E-state index contributed by atoms with van der Waals surface area (Å²) >= 11 is 0. The van der Waals surface area contributed by atoms with E-state index in [2.05, 4.69) is 25.7 Å². The Morgan fingerprint density at radius 3 is 2.07 bits per heavy atom. The summed E-state index contributed by atoms with van der Waals surface area (Å²) in [5.74, 6) is 0. The first-order chi connectivity index (χ1) is 7.10. The van der Waals surface area contributed by atoms with Crippen LogP contribution < -0.4 is 5.73 Å². The highest BCUT2D eigenvalue weighted by molar-refractivity contribution is 4.90. The molecule has 15 heavy (non-hydrogen) atoms. The first-order valence-corrected chi connectivity index (χ1v) is 5.61. The summed E-state index contributed by atoms with van der Waals surface area (Å²) in [7, 11) is 3.31. The van der Waals surface area contributed by atoms with E-state index < -0.39 is 0 Å². The monoisotopic (exact) mass is 218 g/mol. The average molecular weight is 218 g/mol. The number of hydrogen-bond donors (Lipinski definition) is 1. The molecule has 1 atom stereocenters. The average Bonchev–Trinajstić information content (AvgIpc) is 2.27. The Hall–Kier alpha value is -0.160. The number of ether oxygens (including phenoxy) is 2. The molecule has 0 bridgehead atoms. The third kappa shape index (κ3) is 3.41. The van der Waals surface area contributed by atoms with Crippen molar-refractivity contribution >= 4 is 0 Å². The van der Waals surface area contributed by atoms with Gasteiger partial charge in [0.2, 0.25) is 0 Å². The lowest BCUT2D eigenvalue weighted by Gasteiger charge is -2.43. The zero-order valence-electron chi connectivity index (χ0n) is 10.7. The number of nitrogens with zero attached hydrogens (tertiary/aromatic N) is 1. The van der Waals surface area contributed by atoms with Crippen LogP contribution in [0, 0.1) is 0 Å². The summed E-state index contributed by atoms with van der Waals surface area (Å²) < 4.78 is 10.7.